The van der Waals surface area contributed by atoms with Gasteiger partial charge in [-0.05, 0) is 81.2 Å². The third kappa shape index (κ3) is 4.91. The van der Waals surface area contributed by atoms with Crippen LogP contribution in [0.2, 0.25) is 0 Å². The van der Waals surface area contributed by atoms with Crippen molar-refractivity contribution in [2.75, 3.05) is 13.1 Å². The molecule has 1 saturated heterocycles. The Labute approximate surface area is 163 Å². The summed E-state index contributed by atoms with van der Waals surface area (Å²) >= 11 is 0. The first-order valence-electron chi connectivity index (χ1n) is 10.0. The maximum atomic E-state index is 12.8. The standard InChI is InChI=1S/C24H31NO2/c1-17-14-18(2)19(3)23(15-17)27-20(4)24(26)25-12-10-22(11-13-25)16-21-8-6-5-7-9-21/h5-9,14-15,20,22H,10-13,16H2,1-4H3/t20-/m1/s1. The summed E-state index contributed by atoms with van der Waals surface area (Å²) in [5.74, 6) is 1.59. The molecule has 0 bridgehead atoms. The van der Waals surface area contributed by atoms with Gasteiger partial charge in [-0.2, -0.15) is 0 Å². The number of hydrogen-bond donors (Lipinski definition) is 0. The summed E-state index contributed by atoms with van der Waals surface area (Å²) in [7, 11) is 0. The molecule has 0 saturated carbocycles. The van der Waals surface area contributed by atoms with Gasteiger partial charge < -0.3 is 9.64 Å². The SMILES string of the molecule is Cc1cc(C)c(C)c(O[C@H](C)C(=O)N2CCC(Cc3ccccc3)CC2)c1. The van der Waals surface area contributed by atoms with Crippen LogP contribution in [0.25, 0.3) is 0 Å². The smallest absolute Gasteiger partial charge is 0.263 e. The van der Waals surface area contributed by atoms with Crippen molar-refractivity contribution in [2.24, 2.45) is 5.92 Å². The largest absolute Gasteiger partial charge is 0.481 e. The Hall–Kier alpha value is -2.29. The number of carbonyl (C=O) groups excluding carboxylic acids is 1. The Morgan fingerprint density at radius 2 is 1.78 bits per heavy atom. The fourth-order valence-corrected chi connectivity index (χ4v) is 3.93. The van der Waals surface area contributed by atoms with Crippen LogP contribution in [-0.2, 0) is 11.2 Å². The van der Waals surface area contributed by atoms with Crippen molar-refractivity contribution >= 4 is 5.91 Å². The number of benzene rings is 2. The molecule has 0 aliphatic carbocycles. The zero-order valence-electron chi connectivity index (χ0n) is 17.0. The highest BCUT2D eigenvalue weighted by Crippen LogP contribution is 2.26. The van der Waals surface area contributed by atoms with Crippen LogP contribution in [0.3, 0.4) is 0 Å². The highest BCUT2D eigenvalue weighted by Gasteiger charge is 2.27. The summed E-state index contributed by atoms with van der Waals surface area (Å²) in [6.45, 7) is 9.72. The van der Waals surface area contributed by atoms with Crippen molar-refractivity contribution in [3.05, 3.63) is 64.7 Å². The van der Waals surface area contributed by atoms with Gasteiger partial charge in [0.2, 0.25) is 0 Å². The molecule has 0 spiro atoms. The number of nitrogens with zero attached hydrogens (tertiary/aromatic N) is 1. The molecule has 1 amide bonds. The van der Waals surface area contributed by atoms with Crippen LogP contribution < -0.4 is 4.74 Å². The van der Waals surface area contributed by atoms with Gasteiger partial charge in [0.15, 0.2) is 6.10 Å². The number of hydrogen-bond acceptors (Lipinski definition) is 2. The Balaban J connectivity index is 1.54. The van der Waals surface area contributed by atoms with E-state index in [9.17, 15) is 4.79 Å². The van der Waals surface area contributed by atoms with Crippen molar-refractivity contribution in [3.8, 4) is 5.75 Å². The van der Waals surface area contributed by atoms with E-state index in [1.165, 1.54) is 11.1 Å². The molecule has 3 nitrogen and oxygen atoms in total. The van der Waals surface area contributed by atoms with Crippen LogP contribution in [0.5, 0.6) is 5.75 Å². The first-order chi connectivity index (χ1) is 12.9. The van der Waals surface area contributed by atoms with Gasteiger partial charge in [0, 0.05) is 13.1 Å². The molecule has 27 heavy (non-hydrogen) atoms. The molecule has 3 heteroatoms. The normalized spacial score (nSPS) is 16.2. The van der Waals surface area contributed by atoms with Gasteiger partial charge in [0.25, 0.3) is 5.91 Å². The fourth-order valence-electron chi connectivity index (χ4n) is 3.93. The average molecular weight is 366 g/mol. The fraction of sp³-hybridized carbons (Fsp3) is 0.458. The van der Waals surface area contributed by atoms with E-state index in [1.807, 2.05) is 17.9 Å². The summed E-state index contributed by atoms with van der Waals surface area (Å²) in [4.78, 5) is 14.8. The molecule has 1 aliphatic heterocycles. The lowest BCUT2D eigenvalue weighted by atomic mass is 9.90. The van der Waals surface area contributed by atoms with Gasteiger partial charge in [-0.25, -0.2) is 0 Å². The lowest BCUT2D eigenvalue weighted by molar-refractivity contribution is -0.139. The van der Waals surface area contributed by atoms with E-state index in [0.717, 1.165) is 49.2 Å². The summed E-state index contributed by atoms with van der Waals surface area (Å²) in [6.07, 6.45) is 2.79. The van der Waals surface area contributed by atoms with Crippen LogP contribution in [0.15, 0.2) is 42.5 Å². The molecule has 1 aliphatic rings. The number of rotatable bonds is 5. The molecule has 3 rings (SSSR count). The van der Waals surface area contributed by atoms with Crippen LogP contribution in [0.1, 0.15) is 42.0 Å². The van der Waals surface area contributed by atoms with E-state index in [2.05, 4.69) is 57.2 Å². The van der Waals surface area contributed by atoms with Crippen LogP contribution >= 0.6 is 0 Å². The van der Waals surface area contributed by atoms with Crippen LogP contribution in [0.4, 0.5) is 0 Å². The topological polar surface area (TPSA) is 29.5 Å². The van der Waals surface area contributed by atoms with Crippen molar-refractivity contribution in [1.82, 2.24) is 4.90 Å². The highest BCUT2D eigenvalue weighted by molar-refractivity contribution is 5.81. The monoisotopic (exact) mass is 365 g/mol. The molecule has 0 unspecified atom stereocenters. The molecule has 0 aromatic heterocycles. The minimum absolute atomic E-state index is 0.103. The highest BCUT2D eigenvalue weighted by atomic mass is 16.5. The molecular formula is C24H31NO2. The Morgan fingerprint density at radius 3 is 2.44 bits per heavy atom. The van der Waals surface area contributed by atoms with Crippen LogP contribution in [0, 0.1) is 26.7 Å². The maximum absolute atomic E-state index is 12.8. The molecular weight excluding hydrogens is 334 g/mol. The van der Waals surface area contributed by atoms with Gasteiger partial charge in [-0.1, -0.05) is 36.4 Å². The van der Waals surface area contributed by atoms with Gasteiger partial charge >= 0.3 is 0 Å². The molecule has 1 atom stereocenters. The lowest BCUT2D eigenvalue weighted by Crippen LogP contribution is -2.45. The summed E-state index contributed by atoms with van der Waals surface area (Å²) in [5, 5.41) is 0. The number of piperidine rings is 1. The zero-order chi connectivity index (χ0) is 19.4. The number of likely N-dealkylation sites (tertiary alicyclic amines) is 1. The summed E-state index contributed by atoms with van der Waals surface area (Å²) in [5.41, 5.74) is 4.87. The van der Waals surface area contributed by atoms with Gasteiger partial charge in [0.1, 0.15) is 5.75 Å². The van der Waals surface area contributed by atoms with E-state index >= 15 is 0 Å². The summed E-state index contributed by atoms with van der Waals surface area (Å²) in [6, 6.07) is 14.8. The summed E-state index contributed by atoms with van der Waals surface area (Å²) < 4.78 is 6.05. The Bertz CT molecular complexity index is 776. The minimum Gasteiger partial charge on any atom is -0.481 e. The third-order valence-corrected chi connectivity index (χ3v) is 5.71. The molecule has 0 N–H and O–H groups in total. The average Bonchev–Trinajstić information content (AvgIpc) is 2.66. The quantitative estimate of drug-likeness (QED) is 0.757. The lowest BCUT2D eigenvalue weighted by Gasteiger charge is -2.33. The van der Waals surface area contributed by atoms with Crippen molar-refractivity contribution < 1.29 is 9.53 Å². The Morgan fingerprint density at radius 1 is 1.11 bits per heavy atom. The number of aryl methyl sites for hydroxylation is 2. The first-order valence-corrected chi connectivity index (χ1v) is 10.0. The van der Waals surface area contributed by atoms with Gasteiger partial charge in [0.05, 0.1) is 0 Å². The Kier molecular flexibility index (Phi) is 6.20. The number of amides is 1. The second-order valence-electron chi connectivity index (χ2n) is 7.92. The first kappa shape index (κ1) is 19.5. The number of carbonyl (C=O) groups is 1. The molecule has 0 radical (unpaired) electrons. The van der Waals surface area contributed by atoms with Crippen molar-refractivity contribution in [2.45, 2.75) is 53.1 Å². The molecule has 2 aromatic rings. The van der Waals surface area contributed by atoms with E-state index in [0.29, 0.717) is 5.92 Å². The van der Waals surface area contributed by atoms with Crippen LogP contribution in [-0.4, -0.2) is 30.0 Å². The molecule has 144 valence electrons. The van der Waals surface area contributed by atoms with Crippen molar-refractivity contribution in [1.29, 1.82) is 0 Å². The second kappa shape index (κ2) is 8.60. The van der Waals surface area contributed by atoms with E-state index in [1.54, 1.807) is 0 Å². The molecule has 2 aromatic carbocycles. The maximum Gasteiger partial charge on any atom is 0.263 e. The van der Waals surface area contributed by atoms with E-state index in [4.69, 9.17) is 4.74 Å². The second-order valence-corrected chi connectivity index (χ2v) is 7.92. The molecule has 1 fully saturated rings. The predicted molar refractivity (Wildman–Crippen MR) is 110 cm³/mol. The third-order valence-electron chi connectivity index (χ3n) is 5.71. The van der Waals surface area contributed by atoms with E-state index < -0.39 is 6.10 Å². The van der Waals surface area contributed by atoms with Gasteiger partial charge in [-0.15, -0.1) is 0 Å². The minimum atomic E-state index is -0.449. The predicted octanol–water partition coefficient (Wildman–Crippen LogP) is 4.86. The number of ether oxygens (including phenoxy) is 1. The van der Waals surface area contributed by atoms with Gasteiger partial charge in [-0.3, -0.25) is 4.79 Å². The van der Waals surface area contributed by atoms with E-state index in [-0.39, 0.29) is 5.91 Å². The molecule has 1 heterocycles. The zero-order valence-corrected chi connectivity index (χ0v) is 17.0. The van der Waals surface area contributed by atoms with Crippen molar-refractivity contribution in [3.63, 3.8) is 0 Å².